The van der Waals surface area contributed by atoms with Gasteiger partial charge in [-0.3, -0.25) is 9.78 Å². The van der Waals surface area contributed by atoms with Gasteiger partial charge in [-0.15, -0.1) is 0 Å². The summed E-state index contributed by atoms with van der Waals surface area (Å²) in [5.74, 6) is -1.05. The highest BCUT2D eigenvalue weighted by molar-refractivity contribution is 6.09. The third kappa shape index (κ3) is 2.34. The average molecular weight is 191 g/mol. The van der Waals surface area contributed by atoms with Crippen LogP contribution < -0.4 is 0 Å². The molecule has 0 aromatic carbocycles. The van der Waals surface area contributed by atoms with E-state index in [0.717, 1.165) is 11.9 Å². The standard InChI is InChI=1S/C10H14BNO2/c1-7(10(13)14)9(5-11)8-3-2-4-12-6-8/h2-4,6-7,9H,5,11H2,1H3,(H,13,14)/t7-,9?/m0/s1. The number of pyridine rings is 1. The molecule has 0 aliphatic heterocycles. The molecule has 0 spiro atoms. The monoisotopic (exact) mass is 191 g/mol. The van der Waals surface area contributed by atoms with Crippen LogP contribution in [0.1, 0.15) is 18.4 Å². The Morgan fingerprint density at radius 3 is 2.86 bits per heavy atom. The Morgan fingerprint density at radius 1 is 1.71 bits per heavy atom. The third-order valence-corrected chi connectivity index (χ3v) is 2.55. The van der Waals surface area contributed by atoms with E-state index in [9.17, 15) is 4.79 Å². The molecule has 1 rings (SSSR count). The molecule has 0 saturated carbocycles. The van der Waals surface area contributed by atoms with Crippen LogP contribution in [0, 0.1) is 5.92 Å². The summed E-state index contributed by atoms with van der Waals surface area (Å²) in [6.45, 7) is 1.74. The Labute approximate surface area is 84.6 Å². The zero-order valence-electron chi connectivity index (χ0n) is 8.47. The summed E-state index contributed by atoms with van der Waals surface area (Å²) in [6.07, 6.45) is 4.26. The molecule has 1 heterocycles. The molecule has 1 aromatic rings. The van der Waals surface area contributed by atoms with E-state index >= 15 is 0 Å². The first-order valence-corrected chi connectivity index (χ1v) is 4.79. The minimum atomic E-state index is -0.749. The molecular weight excluding hydrogens is 177 g/mol. The molecule has 2 atom stereocenters. The van der Waals surface area contributed by atoms with Crippen molar-refractivity contribution in [2.24, 2.45) is 5.92 Å². The SMILES string of the molecule is BCC(c1cccnc1)[C@H](C)C(=O)O. The Morgan fingerprint density at radius 2 is 2.43 bits per heavy atom. The predicted octanol–water partition coefficient (Wildman–Crippen LogP) is 0.937. The quantitative estimate of drug-likeness (QED) is 0.720. The van der Waals surface area contributed by atoms with Crippen LogP contribution in [0.2, 0.25) is 6.32 Å². The molecule has 4 heteroatoms. The first kappa shape index (κ1) is 10.8. The fourth-order valence-electron chi connectivity index (χ4n) is 1.65. The molecule has 3 nitrogen and oxygen atoms in total. The zero-order chi connectivity index (χ0) is 10.6. The number of carboxylic acids is 1. The molecule has 0 bridgehead atoms. The zero-order valence-corrected chi connectivity index (χ0v) is 8.47. The molecule has 0 radical (unpaired) electrons. The number of aromatic nitrogens is 1. The van der Waals surface area contributed by atoms with Crippen LogP contribution in [0.3, 0.4) is 0 Å². The largest absolute Gasteiger partial charge is 0.481 e. The Balaban J connectivity index is 2.87. The molecular formula is C10H14BNO2. The lowest BCUT2D eigenvalue weighted by molar-refractivity contribution is -0.141. The van der Waals surface area contributed by atoms with Crippen molar-refractivity contribution in [3.8, 4) is 0 Å². The summed E-state index contributed by atoms with van der Waals surface area (Å²) in [7, 11) is 2.00. The summed E-state index contributed by atoms with van der Waals surface area (Å²) in [5, 5.41) is 8.92. The maximum Gasteiger partial charge on any atom is 0.306 e. The highest BCUT2D eigenvalue weighted by Gasteiger charge is 2.23. The lowest BCUT2D eigenvalue weighted by Gasteiger charge is -2.18. The topological polar surface area (TPSA) is 50.2 Å². The van der Waals surface area contributed by atoms with E-state index in [1.807, 2.05) is 20.0 Å². The maximum absolute atomic E-state index is 10.9. The fraction of sp³-hybridized carbons (Fsp3) is 0.400. The van der Waals surface area contributed by atoms with Crippen LogP contribution in [-0.2, 0) is 4.79 Å². The van der Waals surface area contributed by atoms with E-state index in [1.165, 1.54) is 0 Å². The number of aliphatic carboxylic acids is 1. The van der Waals surface area contributed by atoms with Gasteiger partial charge in [0.25, 0.3) is 0 Å². The van der Waals surface area contributed by atoms with Crippen molar-refractivity contribution in [1.82, 2.24) is 4.98 Å². The second-order valence-corrected chi connectivity index (χ2v) is 3.43. The molecule has 0 aliphatic carbocycles. The van der Waals surface area contributed by atoms with Crippen molar-refractivity contribution in [1.29, 1.82) is 0 Å². The second-order valence-electron chi connectivity index (χ2n) is 3.43. The molecule has 0 amide bonds. The van der Waals surface area contributed by atoms with Crippen LogP contribution in [-0.4, -0.2) is 23.9 Å². The lowest BCUT2D eigenvalue weighted by atomic mass is 9.78. The van der Waals surface area contributed by atoms with Gasteiger partial charge in [0.1, 0.15) is 7.85 Å². The predicted molar refractivity (Wildman–Crippen MR) is 57.1 cm³/mol. The molecule has 74 valence electrons. The average Bonchev–Trinajstić information content (AvgIpc) is 2.20. The van der Waals surface area contributed by atoms with E-state index in [2.05, 4.69) is 4.98 Å². The lowest BCUT2D eigenvalue weighted by Crippen LogP contribution is -2.18. The van der Waals surface area contributed by atoms with Gasteiger partial charge in [0.15, 0.2) is 0 Å². The first-order valence-electron chi connectivity index (χ1n) is 4.79. The van der Waals surface area contributed by atoms with Crippen molar-refractivity contribution in [2.75, 3.05) is 0 Å². The van der Waals surface area contributed by atoms with Crippen molar-refractivity contribution in [2.45, 2.75) is 19.2 Å². The van der Waals surface area contributed by atoms with Gasteiger partial charge in [-0.25, -0.2) is 0 Å². The molecule has 1 N–H and O–H groups in total. The van der Waals surface area contributed by atoms with E-state index in [1.54, 1.807) is 19.3 Å². The van der Waals surface area contributed by atoms with Crippen molar-refractivity contribution >= 4 is 13.8 Å². The molecule has 0 saturated heterocycles. The number of hydrogen-bond acceptors (Lipinski definition) is 2. The molecule has 1 unspecified atom stereocenters. The van der Waals surface area contributed by atoms with Crippen molar-refractivity contribution in [3.05, 3.63) is 30.1 Å². The smallest absolute Gasteiger partial charge is 0.306 e. The van der Waals surface area contributed by atoms with Crippen LogP contribution in [0.25, 0.3) is 0 Å². The molecule has 1 aromatic heterocycles. The van der Waals surface area contributed by atoms with E-state index in [4.69, 9.17) is 5.11 Å². The van der Waals surface area contributed by atoms with E-state index in [0.29, 0.717) is 0 Å². The van der Waals surface area contributed by atoms with E-state index in [-0.39, 0.29) is 11.8 Å². The highest BCUT2D eigenvalue weighted by atomic mass is 16.4. The summed E-state index contributed by atoms with van der Waals surface area (Å²) in [5.41, 5.74) is 1.00. The summed E-state index contributed by atoms with van der Waals surface area (Å²) < 4.78 is 0. The number of carboxylic acid groups (broad SMARTS) is 1. The minimum absolute atomic E-state index is 0.0567. The summed E-state index contributed by atoms with van der Waals surface area (Å²) >= 11 is 0. The summed E-state index contributed by atoms with van der Waals surface area (Å²) in [4.78, 5) is 14.9. The van der Waals surface area contributed by atoms with Crippen LogP contribution in [0.15, 0.2) is 24.5 Å². The van der Waals surface area contributed by atoms with Crippen LogP contribution in [0.4, 0.5) is 0 Å². The Hall–Kier alpha value is -1.32. The van der Waals surface area contributed by atoms with Gasteiger partial charge in [0.05, 0.1) is 5.92 Å². The number of hydrogen-bond donors (Lipinski definition) is 1. The van der Waals surface area contributed by atoms with E-state index < -0.39 is 5.97 Å². The van der Waals surface area contributed by atoms with Gasteiger partial charge in [-0.1, -0.05) is 19.3 Å². The number of rotatable bonds is 4. The van der Waals surface area contributed by atoms with Gasteiger partial charge in [-0.05, 0) is 17.5 Å². The van der Waals surface area contributed by atoms with Gasteiger partial charge in [-0.2, -0.15) is 0 Å². The van der Waals surface area contributed by atoms with Crippen LogP contribution in [0.5, 0.6) is 0 Å². The molecule has 0 fully saturated rings. The molecule has 0 aliphatic rings. The third-order valence-electron chi connectivity index (χ3n) is 2.55. The Bertz CT molecular complexity index is 302. The van der Waals surface area contributed by atoms with Crippen molar-refractivity contribution in [3.63, 3.8) is 0 Å². The number of carbonyl (C=O) groups is 1. The highest BCUT2D eigenvalue weighted by Crippen LogP contribution is 2.26. The first-order chi connectivity index (χ1) is 6.66. The second kappa shape index (κ2) is 4.79. The van der Waals surface area contributed by atoms with Gasteiger partial charge in [0.2, 0.25) is 0 Å². The maximum atomic E-state index is 10.9. The van der Waals surface area contributed by atoms with Gasteiger partial charge in [0, 0.05) is 12.4 Å². The summed E-state index contributed by atoms with van der Waals surface area (Å²) in [6, 6.07) is 3.77. The normalized spacial score (nSPS) is 14.6. The minimum Gasteiger partial charge on any atom is -0.481 e. The Kier molecular flexibility index (Phi) is 3.68. The van der Waals surface area contributed by atoms with Gasteiger partial charge >= 0.3 is 5.97 Å². The fourth-order valence-corrected chi connectivity index (χ4v) is 1.65. The molecule has 14 heavy (non-hydrogen) atoms. The van der Waals surface area contributed by atoms with Gasteiger partial charge < -0.3 is 5.11 Å². The van der Waals surface area contributed by atoms with Crippen molar-refractivity contribution < 1.29 is 9.90 Å². The van der Waals surface area contributed by atoms with Crippen LogP contribution >= 0.6 is 0 Å². The number of nitrogens with zero attached hydrogens (tertiary/aromatic N) is 1.